The van der Waals surface area contributed by atoms with E-state index in [0.717, 1.165) is 77.3 Å². The van der Waals surface area contributed by atoms with Crippen LogP contribution in [-0.2, 0) is 28.5 Å². The molecule has 0 N–H and O–H groups in total. The second-order valence-corrected chi connectivity index (χ2v) is 13.5. The summed E-state index contributed by atoms with van der Waals surface area (Å²) in [7, 11) is 0. The number of unbranched alkanes of at least 4 members (excludes halogenated alkanes) is 2. The molecule has 0 spiro atoms. The van der Waals surface area contributed by atoms with Crippen LogP contribution in [0.1, 0.15) is 110 Å². The molecule has 10 atom stereocenters. The molecule has 0 aromatic heterocycles. The van der Waals surface area contributed by atoms with E-state index in [-0.39, 0.29) is 47.7 Å². The molecule has 0 aromatic carbocycles. The van der Waals surface area contributed by atoms with Crippen LogP contribution in [0.15, 0.2) is 12.2 Å². The summed E-state index contributed by atoms with van der Waals surface area (Å²) in [5, 5.41) is 0. The number of fused-ring (bicyclic) bond motifs is 1. The van der Waals surface area contributed by atoms with Crippen molar-refractivity contribution in [2.45, 2.75) is 152 Å². The Bertz CT molecular complexity index is 721. The molecule has 0 bridgehead atoms. The van der Waals surface area contributed by atoms with Gasteiger partial charge in [-0.25, -0.2) is 0 Å². The highest BCUT2D eigenvalue weighted by Gasteiger charge is 2.51. The zero-order chi connectivity index (χ0) is 27.5. The first-order valence-electron chi connectivity index (χ1n) is 16.0. The predicted molar refractivity (Wildman–Crippen MR) is 157 cm³/mol. The van der Waals surface area contributed by atoms with Crippen LogP contribution in [-0.4, -0.2) is 61.3 Å². The van der Waals surface area contributed by atoms with Gasteiger partial charge in [0.2, 0.25) is 0 Å². The SMILES string of the molecule is CCCC[C@H](C)C[C@@H](C=C[C@@H]1[C@H]2C[C@H](C(Br)CCCC=O)O[C@@H]2C[C@H]1OC1CCCCO1)OC1CCCCO1. The molecule has 3 saturated heterocycles. The number of carbonyl (C=O) groups is 1. The second kappa shape index (κ2) is 17.0. The van der Waals surface area contributed by atoms with Crippen LogP contribution < -0.4 is 0 Å². The minimum absolute atomic E-state index is 0.0518. The van der Waals surface area contributed by atoms with E-state index in [1.54, 1.807) is 0 Å². The number of rotatable bonds is 16. The molecule has 3 heterocycles. The summed E-state index contributed by atoms with van der Waals surface area (Å²) in [6.45, 7) is 6.22. The van der Waals surface area contributed by atoms with E-state index in [0.29, 0.717) is 18.3 Å². The van der Waals surface area contributed by atoms with Crippen LogP contribution in [0.5, 0.6) is 0 Å². The van der Waals surface area contributed by atoms with Gasteiger partial charge in [0.1, 0.15) is 6.29 Å². The quantitative estimate of drug-likeness (QED) is 0.0777. The summed E-state index contributed by atoms with van der Waals surface area (Å²) >= 11 is 3.88. The van der Waals surface area contributed by atoms with Crippen molar-refractivity contribution in [3.63, 3.8) is 0 Å². The molecule has 4 rings (SSSR count). The van der Waals surface area contributed by atoms with Gasteiger partial charge in [-0.15, -0.1) is 0 Å². The van der Waals surface area contributed by atoms with Gasteiger partial charge in [0.05, 0.1) is 24.4 Å². The largest absolute Gasteiger partial charge is 0.373 e. The van der Waals surface area contributed by atoms with Gasteiger partial charge in [-0.2, -0.15) is 0 Å². The molecule has 4 aliphatic rings. The number of hydrogen-bond acceptors (Lipinski definition) is 6. The van der Waals surface area contributed by atoms with E-state index in [1.165, 1.54) is 32.1 Å². The Labute approximate surface area is 245 Å². The Morgan fingerprint density at radius 2 is 1.77 bits per heavy atom. The molecule has 1 saturated carbocycles. The number of ether oxygens (including phenoxy) is 5. The van der Waals surface area contributed by atoms with E-state index in [4.69, 9.17) is 23.7 Å². The Morgan fingerprint density at radius 1 is 1.00 bits per heavy atom. The minimum atomic E-state index is -0.0988. The average molecular weight is 614 g/mol. The van der Waals surface area contributed by atoms with Crippen molar-refractivity contribution in [3.8, 4) is 0 Å². The van der Waals surface area contributed by atoms with E-state index < -0.39 is 0 Å². The monoisotopic (exact) mass is 612 g/mol. The number of carbonyl (C=O) groups excluding carboxylic acids is 1. The highest BCUT2D eigenvalue weighted by Crippen LogP contribution is 2.48. The highest BCUT2D eigenvalue weighted by molar-refractivity contribution is 9.09. The Hall–Kier alpha value is -0.310. The molecule has 0 aromatic rings. The van der Waals surface area contributed by atoms with Gasteiger partial charge in [0.25, 0.3) is 0 Å². The summed E-state index contributed by atoms with van der Waals surface area (Å²) in [5.41, 5.74) is 0. The third kappa shape index (κ3) is 9.89. The van der Waals surface area contributed by atoms with Crippen molar-refractivity contribution in [2.75, 3.05) is 13.2 Å². The second-order valence-electron chi connectivity index (χ2n) is 12.3. The summed E-state index contributed by atoms with van der Waals surface area (Å²) in [6.07, 6.45) is 21.8. The molecule has 6 nitrogen and oxygen atoms in total. The first-order chi connectivity index (χ1) is 19.1. The molecule has 3 unspecified atom stereocenters. The molecule has 224 valence electrons. The third-order valence-corrected chi connectivity index (χ3v) is 10.1. The number of hydrogen-bond donors (Lipinski definition) is 0. The van der Waals surface area contributed by atoms with Gasteiger partial charge >= 0.3 is 0 Å². The van der Waals surface area contributed by atoms with Crippen LogP contribution in [0.3, 0.4) is 0 Å². The van der Waals surface area contributed by atoms with Crippen LogP contribution >= 0.6 is 15.9 Å². The van der Waals surface area contributed by atoms with E-state index in [1.807, 2.05) is 0 Å². The average Bonchev–Trinajstić information content (AvgIpc) is 3.50. The van der Waals surface area contributed by atoms with Crippen molar-refractivity contribution in [3.05, 3.63) is 12.2 Å². The van der Waals surface area contributed by atoms with Crippen molar-refractivity contribution < 1.29 is 28.5 Å². The maximum atomic E-state index is 10.8. The zero-order valence-electron chi connectivity index (χ0n) is 24.4. The van der Waals surface area contributed by atoms with Gasteiger partial charge in [0.15, 0.2) is 12.6 Å². The molecule has 4 fully saturated rings. The number of halogens is 1. The summed E-state index contributed by atoms with van der Waals surface area (Å²) in [6, 6.07) is 0. The van der Waals surface area contributed by atoms with Gasteiger partial charge in [-0.3, -0.25) is 0 Å². The highest BCUT2D eigenvalue weighted by atomic mass is 79.9. The fraction of sp³-hybridized carbons (Fsp3) is 0.906. The molecule has 1 aliphatic carbocycles. The van der Waals surface area contributed by atoms with Crippen molar-refractivity contribution in [1.29, 1.82) is 0 Å². The van der Waals surface area contributed by atoms with Crippen molar-refractivity contribution in [2.24, 2.45) is 17.8 Å². The van der Waals surface area contributed by atoms with E-state index >= 15 is 0 Å². The molecule has 39 heavy (non-hydrogen) atoms. The van der Waals surface area contributed by atoms with Gasteiger partial charge in [-0.1, -0.05) is 61.2 Å². The van der Waals surface area contributed by atoms with Crippen molar-refractivity contribution in [1.82, 2.24) is 0 Å². The minimum Gasteiger partial charge on any atom is -0.373 e. The fourth-order valence-corrected chi connectivity index (χ4v) is 7.52. The Balaban J connectivity index is 1.44. The maximum Gasteiger partial charge on any atom is 0.158 e. The smallest absolute Gasteiger partial charge is 0.158 e. The van der Waals surface area contributed by atoms with Crippen LogP contribution in [0.4, 0.5) is 0 Å². The lowest BCUT2D eigenvalue weighted by Crippen LogP contribution is -2.32. The van der Waals surface area contributed by atoms with Gasteiger partial charge in [0, 0.05) is 36.8 Å². The fourth-order valence-electron chi connectivity index (χ4n) is 6.85. The third-order valence-electron chi connectivity index (χ3n) is 9.09. The zero-order valence-corrected chi connectivity index (χ0v) is 25.9. The molecular weight excluding hydrogens is 560 g/mol. The summed E-state index contributed by atoms with van der Waals surface area (Å²) < 4.78 is 31.8. The summed E-state index contributed by atoms with van der Waals surface area (Å²) in [5.74, 6) is 1.32. The molecule has 0 radical (unpaired) electrons. The van der Waals surface area contributed by atoms with Gasteiger partial charge < -0.3 is 28.5 Å². The number of aldehydes is 1. The molecule has 0 amide bonds. The van der Waals surface area contributed by atoms with Crippen LogP contribution in [0.2, 0.25) is 0 Å². The Kier molecular flexibility index (Phi) is 13.8. The van der Waals surface area contributed by atoms with Crippen LogP contribution in [0, 0.1) is 17.8 Å². The topological polar surface area (TPSA) is 63.2 Å². The predicted octanol–water partition coefficient (Wildman–Crippen LogP) is 7.51. The first kappa shape index (κ1) is 31.6. The maximum absolute atomic E-state index is 10.8. The lowest BCUT2D eigenvalue weighted by Gasteiger charge is -2.30. The summed E-state index contributed by atoms with van der Waals surface area (Å²) in [4.78, 5) is 11.1. The number of alkyl halides is 1. The van der Waals surface area contributed by atoms with E-state index in [9.17, 15) is 4.79 Å². The Morgan fingerprint density at radius 3 is 2.46 bits per heavy atom. The van der Waals surface area contributed by atoms with Crippen molar-refractivity contribution >= 4 is 22.2 Å². The molecule has 3 aliphatic heterocycles. The molecular formula is C32H53BrO6. The van der Waals surface area contributed by atoms with E-state index in [2.05, 4.69) is 41.9 Å². The lowest BCUT2D eigenvalue weighted by molar-refractivity contribution is -0.194. The first-order valence-corrected chi connectivity index (χ1v) is 16.9. The normalized spacial score (nSPS) is 35.6. The van der Waals surface area contributed by atoms with Gasteiger partial charge in [-0.05, 0) is 76.0 Å². The van der Waals surface area contributed by atoms with Crippen LogP contribution in [0.25, 0.3) is 0 Å². The standard InChI is InChI=1S/C32H53BrO6/c1-3-4-11-23(2)20-24(37-31-13-6-9-18-35-31)15-16-25-26-21-30(27(33)12-5-8-17-34)38-29(26)22-28(25)39-32-14-7-10-19-36-32/h15-17,23-32H,3-14,18-22H2,1-2H3/t23-,24+,25+,26+,27?,28+,29+,30+,31?,32?/m0/s1. The molecule has 7 heteroatoms. The lowest BCUT2D eigenvalue weighted by atomic mass is 9.88.